The first kappa shape index (κ1) is 15.5. The van der Waals surface area contributed by atoms with Crippen LogP contribution in [0.3, 0.4) is 0 Å². The smallest absolute Gasteiger partial charge is 0.146 e. The van der Waals surface area contributed by atoms with Crippen LogP contribution < -0.4 is 0 Å². The van der Waals surface area contributed by atoms with Crippen molar-refractivity contribution in [2.45, 2.75) is 58.3 Å². The molecule has 0 aliphatic heterocycles. The maximum absolute atomic E-state index is 5.35. The summed E-state index contributed by atoms with van der Waals surface area (Å²) in [6, 6.07) is 0. The lowest BCUT2D eigenvalue weighted by Gasteiger charge is -2.05. The van der Waals surface area contributed by atoms with E-state index in [0.29, 0.717) is 6.79 Å². The molecular weight excluding hydrogens is 200 g/mol. The Morgan fingerprint density at radius 3 is 2.19 bits per heavy atom. The van der Waals surface area contributed by atoms with Gasteiger partial charge in [0.2, 0.25) is 0 Å². The summed E-state index contributed by atoms with van der Waals surface area (Å²) in [6.07, 6.45) is 14.4. The first-order valence-corrected chi connectivity index (χ1v) is 6.50. The SMILES string of the molecule is C#CCCCCCCCOCOCCCC. The normalized spacial score (nSPS) is 10.2. The van der Waals surface area contributed by atoms with E-state index in [1.807, 2.05) is 0 Å². The van der Waals surface area contributed by atoms with Gasteiger partial charge in [0.05, 0.1) is 0 Å². The Hall–Kier alpha value is -0.520. The van der Waals surface area contributed by atoms with Gasteiger partial charge in [0.15, 0.2) is 0 Å². The van der Waals surface area contributed by atoms with E-state index in [1.165, 1.54) is 25.7 Å². The summed E-state index contributed by atoms with van der Waals surface area (Å²) in [5.74, 6) is 2.66. The van der Waals surface area contributed by atoms with E-state index in [-0.39, 0.29) is 0 Å². The van der Waals surface area contributed by atoms with Gasteiger partial charge in [-0.25, -0.2) is 0 Å². The number of terminal acetylenes is 1. The van der Waals surface area contributed by atoms with E-state index in [1.54, 1.807) is 0 Å². The van der Waals surface area contributed by atoms with Crippen LogP contribution in [0.1, 0.15) is 58.3 Å². The number of hydrogen-bond acceptors (Lipinski definition) is 2. The molecule has 0 saturated heterocycles. The van der Waals surface area contributed by atoms with Gasteiger partial charge in [-0.15, -0.1) is 12.3 Å². The van der Waals surface area contributed by atoms with Crippen molar-refractivity contribution in [2.24, 2.45) is 0 Å². The summed E-state index contributed by atoms with van der Waals surface area (Å²) in [5.41, 5.74) is 0. The van der Waals surface area contributed by atoms with Gasteiger partial charge in [0.1, 0.15) is 6.79 Å². The van der Waals surface area contributed by atoms with Gasteiger partial charge in [-0.05, 0) is 19.3 Å². The lowest BCUT2D eigenvalue weighted by atomic mass is 10.1. The van der Waals surface area contributed by atoms with Crippen LogP contribution in [0.15, 0.2) is 0 Å². The lowest BCUT2D eigenvalue weighted by Crippen LogP contribution is -2.02. The Balaban J connectivity index is 2.86. The van der Waals surface area contributed by atoms with Gasteiger partial charge in [0.25, 0.3) is 0 Å². The number of rotatable bonds is 12. The molecule has 0 aliphatic carbocycles. The van der Waals surface area contributed by atoms with Crippen LogP contribution in [0.2, 0.25) is 0 Å². The predicted octanol–water partition coefficient (Wildman–Crippen LogP) is 3.75. The molecule has 0 atom stereocenters. The molecule has 0 fully saturated rings. The summed E-state index contributed by atoms with van der Waals surface area (Å²) in [4.78, 5) is 0. The second-order valence-electron chi connectivity index (χ2n) is 4.01. The van der Waals surface area contributed by atoms with Crippen molar-refractivity contribution in [1.82, 2.24) is 0 Å². The topological polar surface area (TPSA) is 18.5 Å². The zero-order chi connectivity index (χ0) is 11.9. The van der Waals surface area contributed by atoms with Crippen molar-refractivity contribution in [1.29, 1.82) is 0 Å². The summed E-state index contributed by atoms with van der Waals surface area (Å²) >= 11 is 0. The summed E-state index contributed by atoms with van der Waals surface area (Å²) < 4.78 is 10.6. The highest BCUT2D eigenvalue weighted by atomic mass is 16.7. The summed E-state index contributed by atoms with van der Waals surface area (Å²) in [6.45, 7) is 4.26. The first-order chi connectivity index (χ1) is 7.91. The van der Waals surface area contributed by atoms with Crippen LogP contribution >= 0.6 is 0 Å². The molecule has 0 bridgehead atoms. The highest BCUT2D eigenvalue weighted by Crippen LogP contribution is 2.04. The Kier molecular flexibility index (Phi) is 14.0. The molecule has 0 aromatic heterocycles. The lowest BCUT2D eigenvalue weighted by molar-refractivity contribution is -0.0553. The number of hydrogen-bond donors (Lipinski definition) is 0. The number of unbranched alkanes of at least 4 members (excludes halogenated alkanes) is 6. The van der Waals surface area contributed by atoms with E-state index in [0.717, 1.165) is 38.9 Å². The number of ether oxygens (including phenoxy) is 2. The second kappa shape index (κ2) is 14.5. The zero-order valence-electron chi connectivity index (χ0n) is 10.7. The molecule has 0 saturated carbocycles. The van der Waals surface area contributed by atoms with E-state index in [9.17, 15) is 0 Å². The maximum Gasteiger partial charge on any atom is 0.146 e. The molecule has 0 rings (SSSR count). The molecular formula is C14H26O2. The molecule has 0 spiro atoms. The minimum atomic E-state index is 0.455. The first-order valence-electron chi connectivity index (χ1n) is 6.50. The Bertz CT molecular complexity index is 161. The third-order valence-corrected chi connectivity index (χ3v) is 2.42. The fourth-order valence-electron chi connectivity index (χ4n) is 1.38. The van der Waals surface area contributed by atoms with Crippen molar-refractivity contribution in [3.63, 3.8) is 0 Å². The van der Waals surface area contributed by atoms with Gasteiger partial charge in [-0.3, -0.25) is 0 Å². The molecule has 94 valence electrons. The third kappa shape index (κ3) is 13.5. The van der Waals surface area contributed by atoms with Crippen molar-refractivity contribution >= 4 is 0 Å². The molecule has 0 aliphatic rings. The Morgan fingerprint density at radius 2 is 1.50 bits per heavy atom. The third-order valence-electron chi connectivity index (χ3n) is 2.42. The van der Waals surface area contributed by atoms with Crippen molar-refractivity contribution in [3.8, 4) is 12.3 Å². The molecule has 2 nitrogen and oxygen atoms in total. The average Bonchev–Trinajstić information content (AvgIpc) is 2.31. The molecule has 0 N–H and O–H groups in total. The maximum atomic E-state index is 5.35. The van der Waals surface area contributed by atoms with Crippen LogP contribution in [0.25, 0.3) is 0 Å². The van der Waals surface area contributed by atoms with Crippen molar-refractivity contribution < 1.29 is 9.47 Å². The van der Waals surface area contributed by atoms with Crippen LogP contribution in [0, 0.1) is 12.3 Å². The van der Waals surface area contributed by atoms with E-state index in [2.05, 4.69) is 12.8 Å². The van der Waals surface area contributed by atoms with E-state index in [4.69, 9.17) is 15.9 Å². The highest BCUT2D eigenvalue weighted by Gasteiger charge is 1.91. The van der Waals surface area contributed by atoms with Crippen molar-refractivity contribution in [2.75, 3.05) is 20.0 Å². The van der Waals surface area contributed by atoms with Crippen LogP contribution in [-0.4, -0.2) is 20.0 Å². The van der Waals surface area contributed by atoms with Crippen molar-refractivity contribution in [3.05, 3.63) is 0 Å². The van der Waals surface area contributed by atoms with Gasteiger partial charge in [-0.1, -0.05) is 32.6 Å². The monoisotopic (exact) mass is 226 g/mol. The highest BCUT2D eigenvalue weighted by molar-refractivity contribution is 4.82. The minimum Gasteiger partial charge on any atom is -0.355 e. The second-order valence-corrected chi connectivity index (χ2v) is 4.01. The average molecular weight is 226 g/mol. The predicted molar refractivity (Wildman–Crippen MR) is 68.2 cm³/mol. The molecule has 0 heterocycles. The quantitative estimate of drug-likeness (QED) is 0.287. The fraction of sp³-hybridized carbons (Fsp3) is 0.857. The van der Waals surface area contributed by atoms with E-state index < -0.39 is 0 Å². The van der Waals surface area contributed by atoms with Crippen LogP contribution in [0.5, 0.6) is 0 Å². The molecule has 2 heteroatoms. The van der Waals surface area contributed by atoms with Gasteiger partial charge >= 0.3 is 0 Å². The van der Waals surface area contributed by atoms with Gasteiger partial charge < -0.3 is 9.47 Å². The van der Waals surface area contributed by atoms with Crippen LogP contribution in [-0.2, 0) is 9.47 Å². The fourth-order valence-corrected chi connectivity index (χ4v) is 1.38. The summed E-state index contributed by atoms with van der Waals surface area (Å²) in [5, 5.41) is 0. The minimum absolute atomic E-state index is 0.455. The van der Waals surface area contributed by atoms with Gasteiger partial charge in [0, 0.05) is 19.6 Å². The molecule has 0 aromatic rings. The summed E-state index contributed by atoms with van der Waals surface area (Å²) in [7, 11) is 0. The van der Waals surface area contributed by atoms with E-state index >= 15 is 0 Å². The Labute approximate surface area is 101 Å². The molecule has 0 aromatic carbocycles. The molecule has 0 radical (unpaired) electrons. The molecule has 0 unspecified atom stereocenters. The largest absolute Gasteiger partial charge is 0.355 e. The van der Waals surface area contributed by atoms with Crippen LogP contribution in [0.4, 0.5) is 0 Å². The van der Waals surface area contributed by atoms with Gasteiger partial charge in [-0.2, -0.15) is 0 Å². The molecule has 0 amide bonds. The Morgan fingerprint density at radius 1 is 0.875 bits per heavy atom. The molecule has 16 heavy (non-hydrogen) atoms. The standard InChI is InChI=1S/C14H26O2/c1-3-5-7-8-9-10-11-13-16-14-15-12-6-4-2/h1H,4-14H2,2H3. The zero-order valence-corrected chi connectivity index (χ0v) is 10.7.